The monoisotopic (exact) mass is 394 g/mol. The molecule has 3 amide bonds. The van der Waals surface area contributed by atoms with Crippen molar-refractivity contribution < 1.29 is 9.59 Å². The molecule has 148 valence electrons. The van der Waals surface area contributed by atoms with Crippen molar-refractivity contribution in [3.8, 4) is 0 Å². The van der Waals surface area contributed by atoms with E-state index >= 15 is 0 Å². The van der Waals surface area contributed by atoms with Crippen molar-refractivity contribution in [3.63, 3.8) is 0 Å². The molecule has 0 aliphatic carbocycles. The third-order valence-corrected chi connectivity index (χ3v) is 11.8. The maximum Gasteiger partial charge on any atom is 0.320 e. The molecule has 0 aromatic heterocycles. The van der Waals surface area contributed by atoms with Crippen LogP contribution in [0.25, 0.3) is 0 Å². The minimum atomic E-state index is -2.23. The SMILES string of the molecule is CCN1C(=O)N([Si](CC)(CC)CC)C(=O)C1(c1ccccc1)c1ccccc1. The molecule has 0 unspecified atom stereocenters. The number of carbonyl (C=O) groups excluding carboxylic acids is 2. The third kappa shape index (κ3) is 2.72. The smallest absolute Gasteiger partial charge is 0.303 e. The molecule has 1 aliphatic heterocycles. The van der Waals surface area contributed by atoms with Crippen LogP contribution in [0.3, 0.4) is 0 Å². The molecule has 0 bridgehead atoms. The maximum absolute atomic E-state index is 14.2. The molecule has 0 saturated carbocycles. The first-order chi connectivity index (χ1) is 13.5. The molecule has 4 nitrogen and oxygen atoms in total. The molecule has 2 aromatic rings. The number of amides is 3. The summed E-state index contributed by atoms with van der Waals surface area (Å²) in [5.41, 5.74) is 0.622. The lowest BCUT2D eigenvalue weighted by atomic mass is 9.81. The molecule has 0 radical (unpaired) electrons. The zero-order valence-corrected chi connectivity index (χ0v) is 18.3. The second kappa shape index (κ2) is 7.92. The Bertz CT molecular complexity index is 786. The predicted octanol–water partition coefficient (Wildman–Crippen LogP) is 5.22. The Morgan fingerprint density at radius 3 is 1.54 bits per heavy atom. The number of benzene rings is 2. The van der Waals surface area contributed by atoms with E-state index in [9.17, 15) is 9.59 Å². The third-order valence-electron chi connectivity index (χ3n) is 6.49. The summed E-state index contributed by atoms with van der Waals surface area (Å²) in [7, 11) is -2.23. The van der Waals surface area contributed by atoms with Crippen LogP contribution < -0.4 is 0 Å². The van der Waals surface area contributed by atoms with Crippen LogP contribution in [0.1, 0.15) is 38.8 Å². The fourth-order valence-corrected chi connectivity index (χ4v) is 8.30. The number of rotatable bonds is 7. The van der Waals surface area contributed by atoms with E-state index in [4.69, 9.17) is 0 Å². The fraction of sp³-hybridized carbons (Fsp3) is 0.391. The van der Waals surface area contributed by atoms with Gasteiger partial charge in [0, 0.05) is 6.54 Å². The molecule has 0 atom stereocenters. The highest BCUT2D eigenvalue weighted by Gasteiger charge is 2.62. The van der Waals surface area contributed by atoms with Crippen molar-refractivity contribution in [2.75, 3.05) is 6.54 Å². The number of likely N-dealkylation sites (N-methyl/N-ethyl adjacent to an activating group) is 1. The van der Waals surface area contributed by atoms with Crippen molar-refractivity contribution in [1.29, 1.82) is 0 Å². The van der Waals surface area contributed by atoms with E-state index in [-0.39, 0.29) is 11.9 Å². The number of urea groups is 1. The molecule has 0 spiro atoms. The molecule has 1 aliphatic rings. The Hall–Kier alpha value is -2.40. The second-order valence-electron chi connectivity index (χ2n) is 7.39. The van der Waals surface area contributed by atoms with Gasteiger partial charge < -0.3 is 4.90 Å². The van der Waals surface area contributed by atoms with Gasteiger partial charge in [0.25, 0.3) is 5.91 Å². The molecule has 28 heavy (non-hydrogen) atoms. The minimum absolute atomic E-state index is 0.0750. The first-order valence-electron chi connectivity index (χ1n) is 10.3. The summed E-state index contributed by atoms with van der Waals surface area (Å²) in [6, 6.07) is 22.1. The Morgan fingerprint density at radius 2 is 1.18 bits per heavy atom. The van der Waals surface area contributed by atoms with Crippen LogP contribution in [0.15, 0.2) is 60.7 Å². The Balaban J connectivity index is 2.33. The fourth-order valence-electron chi connectivity index (χ4n) is 4.73. The van der Waals surface area contributed by atoms with E-state index < -0.39 is 13.8 Å². The van der Waals surface area contributed by atoms with E-state index in [2.05, 4.69) is 20.8 Å². The number of nitrogens with zero attached hydrogens (tertiary/aromatic N) is 2. The molecule has 1 saturated heterocycles. The van der Waals surface area contributed by atoms with Gasteiger partial charge >= 0.3 is 6.03 Å². The van der Waals surface area contributed by atoms with Crippen LogP contribution in [0, 0.1) is 0 Å². The van der Waals surface area contributed by atoms with Gasteiger partial charge in [0.05, 0.1) is 0 Å². The van der Waals surface area contributed by atoms with Crippen molar-refractivity contribution in [3.05, 3.63) is 71.8 Å². The summed E-state index contributed by atoms with van der Waals surface area (Å²) < 4.78 is 1.70. The van der Waals surface area contributed by atoms with E-state index in [1.807, 2.05) is 67.6 Å². The highest BCUT2D eigenvalue weighted by molar-refractivity contribution is 6.81. The molecule has 3 rings (SSSR count). The zero-order valence-electron chi connectivity index (χ0n) is 17.3. The summed E-state index contributed by atoms with van der Waals surface area (Å²) in [4.78, 5) is 29.7. The van der Waals surface area contributed by atoms with Crippen LogP contribution in [-0.4, -0.2) is 36.2 Å². The van der Waals surface area contributed by atoms with Crippen molar-refractivity contribution >= 4 is 20.2 Å². The standard InChI is InChI=1S/C23H30N2O2Si/c1-5-24-22(27)25(28(6-2,7-3)8-4)21(26)23(24,19-15-11-9-12-16-19)20-17-13-10-14-18-20/h9-18H,5-8H2,1-4H3. The number of imide groups is 1. The normalized spacial score (nSPS) is 16.7. The predicted molar refractivity (Wildman–Crippen MR) is 115 cm³/mol. The zero-order chi connectivity index (χ0) is 20.4. The van der Waals surface area contributed by atoms with Gasteiger partial charge in [0.1, 0.15) is 0 Å². The highest BCUT2D eigenvalue weighted by Crippen LogP contribution is 2.46. The molecule has 0 N–H and O–H groups in total. The Labute approximate surface area is 169 Å². The van der Waals surface area contributed by atoms with Crippen molar-refractivity contribution in [1.82, 2.24) is 9.47 Å². The lowest BCUT2D eigenvalue weighted by molar-refractivity contribution is -0.129. The lowest BCUT2D eigenvalue weighted by Crippen LogP contribution is -2.56. The molecular formula is C23H30N2O2Si. The van der Waals surface area contributed by atoms with Crippen LogP contribution in [0.2, 0.25) is 18.1 Å². The summed E-state index contributed by atoms with van der Waals surface area (Å²) in [5, 5.41) is 0. The largest absolute Gasteiger partial charge is 0.320 e. The Kier molecular flexibility index (Phi) is 5.75. The first-order valence-corrected chi connectivity index (χ1v) is 12.9. The average Bonchev–Trinajstić information content (AvgIpc) is 2.99. The van der Waals surface area contributed by atoms with E-state index in [0.29, 0.717) is 6.54 Å². The quantitative estimate of drug-likeness (QED) is 0.477. The van der Waals surface area contributed by atoms with Crippen LogP contribution in [0.5, 0.6) is 0 Å². The van der Waals surface area contributed by atoms with Gasteiger partial charge in [-0.3, -0.25) is 9.36 Å². The van der Waals surface area contributed by atoms with Gasteiger partial charge in [-0.15, -0.1) is 0 Å². The van der Waals surface area contributed by atoms with Crippen molar-refractivity contribution in [2.45, 2.75) is 51.4 Å². The summed E-state index contributed by atoms with van der Waals surface area (Å²) in [6.45, 7) is 8.82. The molecule has 2 aromatic carbocycles. The van der Waals surface area contributed by atoms with Gasteiger partial charge in [0.2, 0.25) is 0 Å². The molecule has 5 heteroatoms. The van der Waals surface area contributed by atoms with Gasteiger partial charge in [0.15, 0.2) is 13.8 Å². The molecular weight excluding hydrogens is 364 g/mol. The molecule has 1 heterocycles. The summed E-state index contributed by atoms with van der Waals surface area (Å²) in [6.07, 6.45) is 0. The van der Waals surface area contributed by atoms with Gasteiger partial charge in [-0.05, 0) is 36.2 Å². The maximum atomic E-state index is 14.2. The Morgan fingerprint density at radius 1 is 0.750 bits per heavy atom. The number of carbonyl (C=O) groups is 2. The number of hydrogen-bond acceptors (Lipinski definition) is 2. The lowest BCUT2D eigenvalue weighted by Gasteiger charge is -2.37. The highest BCUT2D eigenvalue weighted by atomic mass is 28.3. The topological polar surface area (TPSA) is 40.6 Å². The van der Waals surface area contributed by atoms with E-state index in [1.165, 1.54) is 0 Å². The van der Waals surface area contributed by atoms with Crippen LogP contribution in [0.4, 0.5) is 4.79 Å². The summed E-state index contributed by atoms with van der Waals surface area (Å²) >= 11 is 0. The van der Waals surface area contributed by atoms with Gasteiger partial charge in [-0.25, -0.2) is 4.79 Å². The summed E-state index contributed by atoms with van der Waals surface area (Å²) in [5.74, 6) is -0.0750. The van der Waals surface area contributed by atoms with Gasteiger partial charge in [-0.1, -0.05) is 81.4 Å². The van der Waals surface area contributed by atoms with Gasteiger partial charge in [-0.2, -0.15) is 0 Å². The molecule has 1 fully saturated rings. The first kappa shape index (κ1) is 20.3. The van der Waals surface area contributed by atoms with Crippen LogP contribution >= 0.6 is 0 Å². The van der Waals surface area contributed by atoms with E-state index in [0.717, 1.165) is 29.3 Å². The number of hydrogen-bond donors (Lipinski definition) is 0. The van der Waals surface area contributed by atoms with Crippen molar-refractivity contribution in [2.24, 2.45) is 0 Å². The average molecular weight is 395 g/mol. The minimum Gasteiger partial charge on any atom is -0.303 e. The van der Waals surface area contributed by atoms with Crippen LogP contribution in [-0.2, 0) is 10.3 Å². The van der Waals surface area contributed by atoms with E-state index in [1.54, 1.807) is 9.47 Å². The second-order valence-corrected chi connectivity index (χ2v) is 12.4.